The number of hydrogen-bond acceptors (Lipinski definition) is 1. The third-order valence-electron chi connectivity index (χ3n) is 2.74. The van der Waals surface area contributed by atoms with Crippen molar-refractivity contribution in [3.05, 3.63) is 46.6 Å². The first-order chi connectivity index (χ1) is 6.11. The number of fused-ring (bicyclic) bond motifs is 1. The van der Waals surface area contributed by atoms with Gasteiger partial charge in [0.05, 0.1) is 0 Å². The molecule has 66 valence electrons. The first kappa shape index (κ1) is 8.24. The minimum Gasteiger partial charge on any atom is -0.289 e. The van der Waals surface area contributed by atoms with E-state index in [1.54, 1.807) is 0 Å². The van der Waals surface area contributed by atoms with E-state index >= 15 is 0 Å². The minimum absolute atomic E-state index is 0.128. The fraction of sp³-hybridized carbons (Fsp3) is 0.250. The van der Waals surface area contributed by atoms with Gasteiger partial charge in [-0.05, 0) is 42.6 Å². The van der Waals surface area contributed by atoms with E-state index in [-0.39, 0.29) is 5.78 Å². The number of hydrogen-bond donors (Lipinski definition) is 0. The molecule has 0 unspecified atom stereocenters. The molecule has 0 amide bonds. The van der Waals surface area contributed by atoms with E-state index in [1.807, 2.05) is 13.8 Å². The molecule has 0 saturated carbocycles. The number of carbonyl (C=O) groups is 1. The van der Waals surface area contributed by atoms with Crippen LogP contribution in [0.15, 0.2) is 46.6 Å². The summed E-state index contributed by atoms with van der Waals surface area (Å²) in [4.78, 5) is 11.7. The van der Waals surface area contributed by atoms with Crippen LogP contribution in [0.5, 0.6) is 0 Å². The lowest BCUT2D eigenvalue weighted by Crippen LogP contribution is -2.10. The SMILES string of the molecule is C=C1CC=C2C=C(C)C(C)=C2C1=O. The average molecular weight is 172 g/mol. The molecule has 13 heavy (non-hydrogen) atoms. The molecule has 1 heteroatoms. The highest BCUT2D eigenvalue weighted by molar-refractivity contribution is 6.14. The lowest BCUT2D eigenvalue weighted by atomic mass is 9.89. The van der Waals surface area contributed by atoms with Gasteiger partial charge in [0.25, 0.3) is 0 Å². The molecule has 0 radical (unpaired) electrons. The van der Waals surface area contributed by atoms with Gasteiger partial charge < -0.3 is 0 Å². The zero-order chi connectivity index (χ0) is 9.59. The number of rotatable bonds is 0. The lowest BCUT2D eigenvalue weighted by molar-refractivity contribution is -0.112. The molecule has 0 bridgehead atoms. The Labute approximate surface area is 78.1 Å². The van der Waals surface area contributed by atoms with Crippen molar-refractivity contribution in [2.24, 2.45) is 0 Å². The molecular weight excluding hydrogens is 160 g/mol. The molecule has 0 aromatic heterocycles. The predicted molar refractivity (Wildman–Crippen MR) is 53.3 cm³/mol. The molecule has 2 rings (SSSR count). The summed E-state index contributed by atoms with van der Waals surface area (Å²) in [6, 6.07) is 0. The molecule has 1 nitrogen and oxygen atoms in total. The molecule has 0 saturated heterocycles. The van der Waals surface area contributed by atoms with Crippen LogP contribution in [0.2, 0.25) is 0 Å². The van der Waals surface area contributed by atoms with E-state index in [1.165, 1.54) is 5.57 Å². The highest BCUT2D eigenvalue weighted by atomic mass is 16.1. The lowest BCUT2D eigenvalue weighted by Gasteiger charge is -2.13. The predicted octanol–water partition coefficient (Wildman–Crippen LogP) is 2.72. The Morgan fingerprint density at radius 2 is 2.08 bits per heavy atom. The standard InChI is InChI=1S/C12H12O/c1-7-4-5-10-6-8(2)9(3)11(10)12(7)13/h5-6H,1,4H2,2-3H3. The molecule has 2 aliphatic rings. The monoisotopic (exact) mass is 172 g/mol. The fourth-order valence-electron chi connectivity index (χ4n) is 1.79. The highest BCUT2D eigenvalue weighted by Gasteiger charge is 2.26. The summed E-state index contributed by atoms with van der Waals surface area (Å²) in [6.07, 6.45) is 4.86. The van der Waals surface area contributed by atoms with Gasteiger partial charge in [0.1, 0.15) is 0 Å². The zero-order valence-electron chi connectivity index (χ0n) is 7.98. The van der Waals surface area contributed by atoms with Gasteiger partial charge >= 0.3 is 0 Å². The Hall–Kier alpha value is -1.37. The van der Waals surface area contributed by atoms with Gasteiger partial charge in [0.2, 0.25) is 0 Å². The Bertz CT molecular complexity index is 403. The number of Topliss-reactive ketones (excluding diaryl/α,β-unsaturated/α-hetero) is 1. The van der Waals surface area contributed by atoms with Crippen LogP contribution < -0.4 is 0 Å². The molecule has 0 N–H and O–H groups in total. The van der Waals surface area contributed by atoms with E-state index in [9.17, 15) is 4.79 Å². The normalized spacial score (nSPS) is 21.7. The van der Waals surface area contributed by atoms with Crippen LogP contribution in [-0.2, 0) is 4.79 Å². The topological polar surface area (TPSA) is 17.1 Å². The molecule has 0 spiro atoms. The van der Waals surface area contributed by atoms with Gasteiger partial charge in [-0.3, -0.25) is 4.79 Å². The van der Waals surface area contributed by atoms with Crippen molar-refractivity contribution < 1.29 is 4.79 Å². The molecule has 0 heterocycles. The second-order valence-electron chi connectivity index (χ2n) is 3.62. The van der Waals surface area contributed by atoms with Crippen LogP contribution in [0, 0.1) is 0 Å². The van der Waals surface area contributed by atoms with E-state index in [2.05, 4.69) is 18.7 Å². The van der Waals surface area contributed by atoms with Crippen LogP contribution in [0.1, 0.15) is 20.3 Å². The maximum Gasteiger partial charge on any atom is 0.189 e. The average Bonchev–Trinajstić information content (AvgIpc) is 2.37. The van der Waals surface area contributed by atoms with E-state index < -0.39 is 0 Å². The van der Waals surface area contributed by atoms with Crippen molar-refractivity contribution in [2.75, 3.05) is 0 Å². The summed E-state index contributed by atoms with van der Waals surface area (Å²) >= 11 is 0. The Morgan fingerprint density at radius 1 is 1.38 bits per heavy atom. The summed E-state index contributed by atoms with van der Waals surface area (Å²) in [5.74, 6) is 0.128. The van der Waals surface area contributed by atoms with Gasteiger partial charge in [-0.25, -0.2) is 0 Å². The Morgan fingerprint density at radius 3 is 2.77 bits per heavy atom. The van der Waals surface area contributed by atoms with Crippen LogP contribution in [0.4, 0.5) is 0 Å². The van der Waals surface area contributed by atoms with Crippen molar-refractivity contribution >= 4 is 5.78 Å². The molecule has 0 aliphatic heterocycles. The molecule has 0 aromatic rings. The molecular formula is C12H12O. The van der Waals surface area contributed by atoms with E-state index in [0.29, 0.717) is 12.0 Å². The number of carbonyl (C=O) groups excluding carboxylic acids is 1. The largest absolute Gasteiger partial charge is 0.289 e. The second-order valence-corrected chi connectivity index (χ2v) is 3.62. The smallest absolute Gasteiger partial charge is 0.189 e. The maximum atomic E-state index is 11.7. The highest BCUT2D eigenvalue weighted by Crippen LogP contribution is 2.35. The van der Waals surface area contributed by atoms with Gasteiger partial charge in [-0.2, -0.15) is 0 Å². The molecule has 0 atom stereocenters. The van der Waals surface area contributed by atoms with Crippen LogP contribution in [0.3, 0.4) is 0 Å². The zero-order valence-corrected chi connectivity index (χ0v) is 7.98. The second kappa shape index (κ2) is 2.56. The summed E-state index contributed by atoms with van der Waals surface area (Å²) < 4.78 is 0. The van der Waals surface area contributed by atoms with Gasteiger partial charge in [-0.15, -0.1) is 0 Å². The first-order valence-corrected chi connectivity index (χ1v) is 4.44. The summed E-state index contributed by atoms with van der Waals surface area (Å²) in [7, 11) is 0. The third kappa shape index (κ3) is 1.04. The van der Waals surface area contributed by atoms with Gasteiger partial charge in [-0.1, -0.05) is 18.7 Å². The summed E-state index contributed by atoms with van der Waals surface area (Å²) in [5, 5.41) is 0. The van der Waals surface area contributed by atoms with Crippen molar-refractivity contribution in [1.29, 1.82) is 0 Å². The fourth-order valence-corrected chi connectivity index (χ4v) is 1.79. The third-order valence-corrected chi connectivity index (χ3v) is 2.74. The van der Waals surface area contributed by atoms with Gasteiger partial charge in [0.15, 0.2) is 5.78 Å². The van der Waals surface area contributed by atoms with Crippen LogP contribution >= 0.6 is 0 Å². The Kier molecular flexibility index (Phi) is 1.62. The summed E-state index contributed by atoms with van der Waals surface area (Å²) in [5.41, 5.74) is 4.98. The van der Waals surface area contributed by atoms with E-state index in [0.717, 1.165) is 16.7 Å². The Balaban J connectivity index is 2.62. The summed E-state index contributed by atoms with van der Waals surface area (Å²) in [6.45, 7) is 7.80. The quantitative estimate of drug-likeness (QED) is 0.513. The maximum absolute atomic E-state index is 11.7. The molecule has 2 aliphatic carbocycles. The van der Waals surface area contributed by atoms with Crippen molar-refractivity contribution in [2.45, 2.75) is 20.3 Å². The minimum atomic E-state index is 0.128. The molecule has 0 fully saturated rings. The van der Waals surface area contributed by atoms with Crippen molar-refractivity contribution in [3.8, 4) is 0 Å². The van der Waals surface area contributed by atoms with Crippen molar-refractivity contribution in [1.82, 2.24) is 0 Å². The number of ketones is 1. The van der Waals surface area contributed by atoms with Gasteiger partial charge in [0, 0.05) is 5.57 Å². The first-order valence-electron chi connectivity index (χ1n) is 4.44. The van der Waals surface area contributed by atoms with Crippen LogP contribution in [0.25, 0.3) is 0 Å². The number of allylic oxidation sites excluding steroid dienone is 7. The van der Waals surface area contributed by atoms with Crippen LogP contribution in [-0.4, -0.2) is 5.78 Å². The molecule has 0 aromatic carbocycles. The van der Waals surface area contributed by atoms with Crippen molar-refractivity contribution in [3.63, 3.8) is 0 Å². The van der Waals surface area contributed by atoms with E-state index in [4.69, 9.17) is 0 Å².